The zero-order valence-corrected chi connectivity index (χ0v) is 12.5. The number of ether oxygens (including phenoxy) is 2. The Kier molecular flexibility index (Phi) is 5.53. The van der Waals surface area contributed by atoms with E-state index in [2.05, 4.69) is 0 Å². The van der Waals surface area contributed by atoms with Crippen LogP contribution in [-0.2, 0) is 0 Å². The number of amides is 1. The molecule has 0 unspecified atom stereocenters. The van der Waals surface area contributed by atoms with Crippen LogP contribution in [0.25, 0.3) is 0 Å². The maximum absolute atomic E-state index is 12.3. The van der Waals surface area contributed by atoms with Gasteiger partial charge in [-0.25, -0.2) is 0 Å². The molecule has 4 nitrogen and oxygen atoms in total. The highest BCUT2D eigenvalue weighted by Crippen LogP contribution is 2.31. The van der Waals surface area contributed by atoms with Crippen LogP contribution >= 0.6 is 11.6 Å². The first-order valence-electron chi connectivity index (χ1n) is 6.93. The second kappa shape index (κ2) is 7.39. The minimum absolute atomic E-state index is 0.00727. The van der Waals surface area contributed by atoms with Crippen LogP contribution in [0.5, 0.6) is 11.5 Å². The summed E-state index contributed by atoms with van der Waals surface area (Å²) in [4.78, 5) is 14.0. The number of carbonyl (C=O) groups is 1. The first-order chi connectivity index (χ1) is 9.72. The number of hydrogen-bond donors (Lipinski definition) is 0. The van der Waals surface area contributed by atoms with Gasteiger partial charge in [0.1, 0.15) is 13.2 Å². The predicted molar refractivity (Wildman–Crippen MR) is 79.0 cm³/mol. The van der Waals surface area contributed by atoms with E-state index in [4.69, 9.17) is 21.1 Å². The highest BCUT2D eigenvalue weighted by atomic mass is 35.5. The molecule has 110 valence electrons. The van der Waals surface area contributed by atoms with Crippen molar-refractivity contribution in [2.45, 2.75) is 19.3 Å². The number of unbranched alkanes of at least 4 members (excludes halogenated alkanes) is 2. The van der Waals surface area contributed by atoms with E-state index in [0.29, 0.717) is 36.2 Å². The van der Waals surface area contributed by atoms with E-state index in [1.807, 2.05) is 7.05 Å². The maximum Gasteiger partial charge on any atom is 0.253 e. The Balaban J connectivity index is 1.94. The van der Waals surface area contributed by atoms with E-state index in [-0.39, 0.29) is 5.91 Å². The zero-order valence-electron chi connectivity index (χ0n) is 11.7. The van der Waals surface area contributed by atoms with Gasteiger partial charge in [-0.15, -0.1) is 11.6 Å². The van der Waals surface area contributed by atoms with Crippen molar-refractivity contribution in [3.05, 3.63) is 23.8 Å². The minimum atomic E-state index is 0.00727. The smallest absolute Gasteiger partial charge is 0.253 e. The van der Waals surface area contributed by atoms with Crippen LogP contribution in [0.3, 0.4) is 0 Å². The molecule has 1 aliphatic rings. The predicted octanol–water partition coefficient (Wildman–Crippen LogP) is 2.94. The van der Waals surface area contributed by atoms with Gasteiger partial charge < -0.3 is 14.4 Å². The standard InChI is InChI=1S/C15H20ClNO3/c1-17(8-4-2-3-7-16)15(18)12-5-6-13-14(11-12)20-10-9-19-13/h5-6,11H,2-4,7-10H2,1H3. The molecule has 1 aromatic carbocycles. The summed E-state index contributed by atoms with van der Waals surface area (Å²) in [6, 6.07) is 5.33. The quantitative estimate of drug-likeness (QED) is 0.598. The van der Waals surface area contributed by atoms with E-state index in [0.717, 1.165) is 25.8 Å². The molecule has 0 radical (unpaired) electrons. The number of fused-ring (bicyclic) bond motifs is 1. The number of carbonyl (C=O) groups excluding carboxylic acids is 1. The van der Waals surface area contributed by atoms with Crippen LogP contribution in [0.2, 0.25) is 0 Å². The van der Waals surface area contributed by atoms with Crippen LogP contribution in [0.4, 0.5) is 0 Å². The van der Waals surface area contributed by atoms with Crippen molar-refractivity contribution < 1.29 is 14.3 Å². The van der Waals surface area contributed by atoms with Crippen molar-refractivity contribution in [2.24, 2.45) is 0 Å². The second-order valence-corrected chi connectivity index (χ2v) is 5.21. The molecule has 1 heterocycles. The summed E-state index contributed by atoms with van der Waals surface area (Å²) in [5.74, 6) is 2.04. The lowest BCUT2D eigenvalue weighted by atomic mass is 10.1. The molecule has 0 bridgehead atoms. The molecular weight excluding hydrogens is 278 g/mol. The highest BCUT2D eigenvalue weighted by Gasteiger charge is 2.17. The molecule has 0 aliphatic carbocycles. The van der Waals surface area contributed by atoms with Gasteiger partial charge in [-0.2, -0.15) is 0 Å². The van der Waals surface area contributed by atoms with Crippen LogP contribution < -0.4 is 9.47 Å². The maximum atomic E-state index is 12.3. The Morgan fingerprint density at radius 1 is 1.20 bits per heavy atom. The second-order valence-electron chi connectivity index (χ2n) is 4.83. The normalized spacial score (nSPS) is 13.1. The molecule has 0 atom stereocenters. The molecule has 0 spiro atoms. The van der Waals surface area contributed by atoms with E-state index in [9.17, 15) is 4.79 Å². The molecule has 1 amide bonds. The first-order valence-corrected chi connectivity index (χ1v) is 7.47. The Morgan fingerprint density at radius 2 is 1.95 bits per heavy atom. The highest BCUT2D eigenvalue weighted by molar-refractivity contribution is 6.17. The number of halogens is 1. The monoisotopic (exact) mass is 297 g/mol. The van der Waals surface area contributed by atoms with Crippen LogP contribution in [0.1, 0.15) is 29.6 Å². The van der Waals surface area contributed by atoms with E-state index >= 15 is 0 Å². The fourth-order valence-corrected chi connectivity index (χ4v) is 2.31. The largest absolute Gasteiger partial charge is 0.486 e. The number of benzene rings is 1. The molecule has 2 rings (SSSR count). The molecule has 0 N–H and O–H groups in total. The van der Waals surface area contributed by atoms with Gasteiger partial charge in [0, 0.05) is 25.0 Å². The molecule has 20 heavy (non-hydrogen) atoms. The fourth-order valence-electron chi connectivity index (χ4n) is 2.12. The van der Waals surface area contributed by atoms with Crippen molar-refractivity contribution in [1.29, 1.82) is 0 Å². The minimum Gasteiger partial charge on any atom is -0.486 e. The molecule has 0 fully saturated rings. The summed E-state index contributed by atoms with van der Waals surface area (Å²) >= 11 is 5.64. The SMILES string of the molecule is CN(CCCCCCl)C(=O)c1ccc2c(c1)OCCO2. The van der Waals surface area contributed by atoms with Crippen molar-refractivity contribution in [3.63, 3.8) is 0 Å². The molecule has 1 aromatic rings. The fraction of sp³-hybridized carbons (Fsp3) is 0.533. The Morgan fingerprint density at radius 3 is 2.70 bits per heavy atom. The topological polar surface area (TPSA) is 38.8 Å². The summed E-state index contributed by atoms with van der Waals surface area (Å²) < 4.78 is 10.9. The Hall–Kier alpha value is -1.42. The number of rotatable bonds is 6. The lowest BCUT2D eigenvalue weighted by Crippen LogP contribution is -2.28. The molecule has 1 aliphatic heterocycles. The van der Waals surface area contributed by atoms with Crippen molar-refractivity contribution in [1.82, 2.24) is 4.90 Å². The van der Waals surface area contributed by atoms with Crippen molar-refractivity contribution >= 4 is 17.5 Å². The average Bonchev–Trinajstić information content (AvgIpc) is 2.50. The molecule has 0 aromatic heterocycles. The molecule has 0 saturated carbocycles. The lowest BCUT2D eigenvalue weighted by molar-refractivity contribution is 0.0791. The summed E-state index contributed by atoms with van der Waals surface area (Å²) in [5, 5.41) is 0. The third kappa shape index (κ3) is 3.79. The summed E-state index contributed by atoms with van der Waals surface area (Å²) in [6.07, 6.45) is 3.01. The number of hydrogen-bond acceptors (Lipinski definition) is 3. The van der Waals surface area contributed by atoms with Gasteiger partial charge >= 0.3 is 0 Å². The van der Waals surface area contributed by atoms with Gasteiger partial charge in [-0.1, -0.05) is 6.42 Å². The van der Waals surface area contributed by atoms with Crippen molar-refractivity contribution in [2.75, 3.05) is 32.7 Å². The zero-order chi connectivity index (χ0) is 14.4. The summed E-state index contributed by atoms with van der Waals surface area (Å²) in [6.45, 7) is 1.82. The van der Waals surface area contributed by atoms with Gasteiger partial charge in [0.05, 0.1) is 0 Å². The molecule has 5 heteroatoms. The van der Waals surface area contributed by atoms with Crippen molar-refractivity contribution in [3.8, 4) is 11.5 Å². The van der Waals surface area contributed by atoms with Gasteiger partial charge in [0.25, 0.3) is 5.91 Å². The van der Waals surface area contributed by atoms with Crippen LogP contribution in [0.15, 0.2) is 18.2 Å². The number of alkyl halides is 1. The van der Waals surface area contributed by atoms with Gasteiger partial charge in [-0.05, 0) is 31.0 Å². The average molecular weight is 298 g/mol. The van der Waals surface area contributed by atoms with Gasteiger partial charge in [0.2, 0.25) is 0 Å². The number of nitrogens with zero attached hydrogens (tertiary/aromatic N) is 1. The molecular formula is C15H20ClNO3. The van der Waals surface area contributed by atoms with E-state index in [1.54, 1.807) is 23.1 Å². The third-order valence-corrected chi connectivity index (χ3v) is 3.53. The first kappa shape index (κ1) is 15.0. The summed E-state index contributed by atoms with van der Waals surface area (Å²) in [5.41, 5.74) is 0.633. The van der Waals surface area contributed by atoms with Gasteiger partial charge in [-0.3, -0.25) is 4.79 Å². The van der Waals surface area contributed by atoms with Gasteiger partial charge in [0.15, 0.2) is 11.5 Å². The third-order valence-electron chi connectivity index (χ3n) is 3.26. The van der Waals surface area contributed by atoms with E-state index in [1.165, 1.54) is 0 Å². The van der Waals surface area contributed by atoms with Crippen LogP contribution in [0, 0.1) is 0 Å². The molecule has 0 saturated heterocycles. The lowest BCUT2D eigenvalue weighted by Gasteiger charge is -2.21. The Labute approximate surface area is 124 Å². The van der Waals surface area contributed by atoms with E-state index < -0.39 is 0 Å². The summed E-state index contributed by atoms with van der Waals surface area (Å²) in [7, 11) is 1.82. The van der Waals surface area contributed by atoms with Crippen LogP contribution in [-0.4, -0.2) is 43.5 Å². The Bertz CT molecular complexity index is 464.